The molecule has 90 valence electrons. The van der Waals surface area contributed by atoms with E-state index in [1.807, 2.05) is 32.2 Å². The number of hydrogen-bond acceptors (Lipinski definition) is 4. The molecule has 5 heteroatoms. The highest BCUT2D eigenvalue weighted by Crippen LogP contribution is 2.31. The highest BCUT2D eigenvalue weighted by Gasteiger charge is 2.09. The summed E-state index contributed by atoms with van der Waals surface area (Å²) in [6.07, 6.45) is 1.67. The molecule has 2 aromatic rings. The van der Waals surface area contributed by atoms with Crippen LogP contribution in [0.1, 0.15) is 6.92 Å². The van der Waals surface area contributed by atoms with Crippen LogP contribution in [-0.4, -0.2) is 28.5 Å². The Hall–Kier alpha value is -2.04. The highest BCUT2D eigenvalue weighted by molar-refractivity contribution is 5.60. The van der Waals surface area contributed by atoms with E-state index >= 15 is 0 Å². The molecule has 0 unspecified atom stereocenters. The molecule has 0 atom stereocenters. The Morgan fingerprint density at radius 1 is 1.29 bits per heavy atom. The molecule has 2 rings (SSSR count). The van der Waals surface area contributed by atoms with Gasteiger partial charge in [-0.25, -0.2) is 4.98 Å². The molecule has 0 radical (unpaired) electrons. The molecule has 1 heterocycles. The molecule has 0 saturated heterocycles. The van der Waals surface area contributed by atoms with Gasteiger partial charge in [0.05, 0.1) is 13.7 Å². The Labute approximate surface area is 100 Å². The fourth-order valence-corrected chi connectivity index (χ4v) is 1.56. The van der Waals surface area contributed by atoms with Crippen molar-refractivity contribution in [3.63, 3.8) is 0 Å². The van der Waals surface area contributed by atoms with Gasteiger partial charge in [-0.3, -0.25) is 4.68 Å². The third-order valence-corrected chi connectivity index (χ3v) is 2.32. The van der Waals surface area contributed by atoms with Crippen LogP contribution < -0.4 is 9.47 Å². The molecule has 0 fully saturated rings. The number of aromatic nitrogens is 3. The maximum atomic E-state index is 5.51. The van der Waals surface area contributed by atoms with Gasteiger partial charge in [-0.05, 0) is 25.1 Å². The van der Waals surface area contributed by atoms with Gasteiger partial charge in [0.25, 0.3) is 0 Å². The molecule has 0 aliphatic rings. The minimum absolute atomic E-state index is 0.593. The van der Waals surface area contributed by atoms with E-state index in [4.69, 9.17) is 9.47 Å². The summed E-state index contributed by atoms with van der Waals surface area (Å²) in [4.78, 5) is 4.20. The summed E-state index contributed by atoms with van der Waals surface area (Å²) >= 11 is 0. The van der Waals surface area contributed by atoms with Gasteiger partial charge < -0.3 is 9.47 Å². The van der Waals surface area contributed by atoms with Gasteiger partial charge in [0.2, 0.25) is 0 Å². The lowest BCUT2D eigenvalue weighted by molar-refractivity contribution is 0.311. The maximum absolute atomic E-state index is 5.51. The van der Waals surface area contributed by atoms with Crippen molar-refractivity contribution in [1.82, 2.24) is 14.8 Å². The quantitative estimate of drug-likeness (QED) is 0.809. The number of rotatable bonds is 4. The molecule has 1 aromatic carbocycles. The first-order valence-corrected chi connectivity index (χ1v) is 5.41. The van der Waals surface area contributed by atoms with Crippen molar-refractivity contribution in [3.8, 4) is 22.9 Å². The molecule has 0 saturated carbocycles. The SMILES string of the molecule is CCOc1cc(-c2ncn(C)n2)ccc1OC. The summed E-state index contributed by atoms with van der Waals surface area (Å²) in [5.41, 5.74) is 0.912. The number of ether oxygens (including phenoxy) is 2. The lowest BCUT2D eigenvalue weighted by Crippen LogP contribution is -1.96. The van der Waals surface area contributed by atoms with Gasteiger partial charge >= 0.3 is 0 Å². The smallest absolute Gasteiger partial charge is 0.181 e. The molecule has 0 spiro atoms. The number of hydrogen-bond donors (Lipinski definition) is 0. The van der Waals surface area contributed by atoms with Crippen molar-refractivity contribution in [2.24, 2.45) is 7.05 Å². The van der Waals surface area contributed by atoms with E-state index in [1.165, 1.54) is 0 Å². The van der Waals surface area contributed by atoms with E-state index in [0.717, 1.165) is 5.56 Å². The first-order chi connectivity index (χ1) is 8.24. The molecular weight excluding hydrogens is 218 g/mol. The Kier molecular flexibility index (Phi) is 3.27. The summed E-state index contributed by atoms with van der Waals surface area (Å²) in [6, 6.07) is 5.66. The third-order valence-electron chi connectivity index (χ3n) is 2.32. The first-order valence-electron chi connectivity index (χ1n) is 5.41. The van der Waals surface area contributed by atoms with Crippen molar-refractivity contribution < 1.29 is 9.47 Å². The predicted octanol–water partition coefficient (Wildman–Crippen LogP) is 1.89. The third kappa shape index (κ3) is 2.38. The van der Waals surface area contributed by atoms with Crippen LogP contribution in [0.5, 0.6) is 11.5 Å². The van der Waals surface area contributed by atoms with Crippen LogP contribution in [0.25, 0.3) is 11.4 Å². The minimum Gasteiger partial charge on any atom is -0.493 e. The summed E-state index contributed by atoms with van der Waals surface area (Å²) < 4.78 is 12.4. The molecule has 0 bridgehead atoms. The van der Waals surface area contributed by atoms with E-state index in [2.05, 4.69) is 10.1 Å². The van der Waals surface area contributed by atoms with E-state index in [1.54, 1.807) is 18.1 Å². The van der Waals surface area contributed by atoms with Gasteiger partial charge in [0.15, 0.2) is 17.3 Å². The fraction of sp³-hybridized carbons (Fsp3) is 0.333. The second-order valence-electron chi connectivity index (χ2n) is 3.54. The van der Waals surface area contributed by atoms with Gasteiger partial charge in [0, 0.05) is 12.6 Å². The maximum Gasteiger partial charge on any atom is 0.181 e. The second-order valence-corrected chi connectivity index (χ2v) is 3.54. The molecule has 0 N–H and O–H groups in total. The standard InChI is InChI=1S/C12H15N3O2/c1-4-17-11-7-9(5-6-10(11)16-3)12-13-8-15(2)14-12/h5-8H,4H2,1-3H3. The van der Waals surface area contributed by atoms with Crippen LogP contribution in [0.15, 0.2) is 24.5 Å². The molecular formula is C12H15N3O2. The minimum atomic E-state index is 0.593. The zero-order chi connectivity index (χ0) is 12.3. The monoisotopic (exact) mass is 233 g/mol. The Bertz CT molecular complexity index is 508. The molecule has 0 amide bonds. The van der Waals surface area contributed by atoms with Crippen molar-refractivity contribution in [2.75, 3.05) is 13.7 Å². The van der Waals surface area contributed by atoms with Gasteiger partial charge in [-0.2, -0.15) is 5.10 Å². The second kappa shape index (κ2) is 4.86. The number of nitrogens with zero attached hydrogens (tertiary/aromatic N) is 3. The number of aryl methyl sites for hydroxylation is 1. The lowest BCUT2D eigenvalue weighted by atomic mass is 10.2. The fourth-order valence-electron chi connectivity index (χ4n) is 1.56. The predicted molar refractivity (Wildman–Crippen MR) is 64.2 cm³/mol. The first kappa shape index (κ1) is 11.4. The molecule has 0 aliphatic heterocycles. The molecule has 1 aromatic heterocycles. The van der Waals surface area contributed by atoms with Gasteiger partial charge in [0.1, 0.15) is 6.33 Å². The lowest BCUT2D eigenvalue weighted by Gasteiger charge is -2.09. The van der Waals surface area contributed by atoms with Crippen LogP contribution in [0.4, 0.5) is 0 Å². The van der Waals surface area contributed by atoms with E-state index in [-0.39, 0.29) is 0 Å². The number of benzene rings is 1. The zero-order valence-electron chi connectivity index (χ0n) is 10.2. The van der Waals surface area contributed by atoms with E-state index < -0.39 is 0 Å². The largest absolute Gasteiger partial charge is 0.493 e. The normalized spacial score (nSPS) is 10.3. The topological polar surface area (TPSA) is 49.2 Å². The Morgan fingerprint density at radius 2 is 2.12 bits per heavy atom. The molecule has 17 heavy (non-hydrogen) atoms. The zero-order valence-corrected chi connectivity index (χ0v) is 10.2. The Balaban J connectivity index is 2.39. The van der Waals surface area contributed by atoms with Crippen molar-refractivity contribution >= 4 is 0 Å². The van der Waals surface area contributed by atoms with E-state index in [0.29, 0.717) is 23.9 Å². The van der Waals surface area contributed by atoms with Crippen LogP contribution in [0.3, 0.4) is 0 Å². The van der Waals surface area contributed by atoms with E-state index in [9.17, 15) is 0 Å². The average Bonchev–Trinajstić information content (AvgIpc) is 2.76. The summed E-state index contributed by atoms with van der Waals surface area (Å²) in [5, 5.41) is 4.25. The van der Waals surface area contributed by atoms with Crippen molar-refractivity contribution in [1.29, 1.82) is 0 Å². The summed E-state index contributed by atoms with van der Waals surface area (Å²) in [5.74, 6) is 2.10. The van der Waals surface area contributed by atoms with Crippen LogP contribution in [-0.2, 0) is 7.05 Å². The van der Waals surface area contributed by atoms with Crippen LogP contribution in [0, 0.1) is 0 Å². The van der Waals surface area contributed by atoms with Crippen LogP contribution >= 0.6 is 0 Å². The van der Waals surface area contributed by atoms with Crippen molar-refractivity contribution in [3.05, 3.63) is 24.5 Å². The van der Waals surface area contributed by atoms with Crippen LogP contribution in [0.2, 0.25) is 0 Å². The van der Waals surface area contributed by atoms with Crippen molar-refractivity contribution in [2.45, 2.75) is 6.92 Å². The highest BCUT2D eigenvalue weighted by atomic mass is 16.5. The molecule has 0 aliphatic carbocycles. The molecule has 5 nitrogen and oxygen atoms in total. The summed E-state index contributed by atoms with van der Waals surface area (Å²) in [6.45, 7) is 2.53. The number of methoxy groups -OCH3 is 1. The van der Waals surface area contributed by atoms with Gasteiger partial charge in [-0.1, -0.05) is 0 Å². The Morgan fingerprint density at radius 3 is 2.71 bits per heavy atom. The average molecular weight is 233 g/mol. The van der Waals surface area contributed by atoms with Gasteiger partial charge in [-0.15, -0.1) is 0 Å². The summed E-state index contributed by atoms with van der Waals surface area (Å²) in [7, 11) is 3.46.